The summed E-state index contributed by atoms with van der Waals surface area (Å²) in [5.74, 6) is -0.608. The van der Waals surface area contributed by atoms with Gasteiger partial charge in [-0.1, -0.05) is 42.8 Å². The van der Waals surface area contributed by atoms with Gasteiger partial charge in [-0.05, 0) is 70.0 Å². The van der Waals surface area contributed by atoms with Gasteiger partial charge in [-0.3, -0.25) is 4.72 Å². The minimum Gasteiger partial charge on any atom is -0.351 e. The molecule has 2 heterocycles. The molecule has 0 bridgehead atoms. The molecule has 11 heteroatoms. The number of hydrogen-bond acceptors (Lipinski definition) is 7. The average molecular weight is 559 g/mol. The van der Waals surface area contributed by atoms with Gasteiger partial charge < -0.3 is 10.2 Å². The number of nitrogens with one attached hydrogen (secondary N) is 2. The lowest BCUT2D eigenvalue weighted by Gasteiger charge is -2.34. The third-order valence-electron chi connectivity index (χ3n) is 6.84. The Morgan fingerprint density at radius 3 is 2.47 bits per heavy atom. The number of aromatic nitrogens is 3. The number of pyridine rings is 1. The summed E-state index contributed by atoms with van der Waals surface area (Å²) in [4.78, 5) is 15.2. The second kappa shape index (κ2) is 12.2. The van der Waals surface area contributed by atoms with E-state index in [9.17, 15) is 12.8 Å². The number of sulfonamides is 1. The van der Waals surface area contributed by atoms with Crippen LogP contribution in [0.1, 0.15) is 49.4 Å². The Bertz CT molecular complexity index is 1390. The summed E-state index contributed by atoms with van der Waals surface area (Å²) >= 11 is 5.99. The topological polar surface area (TPSA) is 100 Å². The van der Waals surface area contributed by atoms with E-state index in [0.717, 1.165) is 37.8 Å². The zero-order valence-corrected chi connectivity index (χ0v) is 23.2. The molecule has 2 aromatic heterocycles. The molecular formula is C27H32ClFN6O2S. The van der Waals surface area contributed by atoms with Crippen LogP contribution in [0, 0.1) is 12.7 Å². The molecule has 38 heavy (non-hydrogen) atoms. The first kappa shape index (κ1) is 27.9. The summed E-state index contributed by atoms with van der Waals surface area (Å²) in [6.07, 6.45) is 11.3. The monoisotopic (exact) mass is 558 g/mol. The van der Waals surface area contributed by atoms with Crippen molar-refractivity contribution >= 4 is 45.5 Å². The van der Waals surface area contributed by atoms with Gasteiger partial charge in [0, 0.05) is 35.7 Å². The lowest BCUT2D eigenvalue weighted by molar-refractivity contribution is 0.194. The fourth-order valence-corrected chi connectivity index (χ4v) is 6.00. The second-order valence-electron chi connectivity index (χ2n) is 9.43. The molecule has 0 amide bonds. The molecule has 202 valence electrons. The Kier molecular flexibility index (Phi) is 8.96. The molecule has 1 fully saturated rings. The van der Waals surface area contributed by atoms with Crippen LogP contribution < -0.4 is 10.0 Å². The highest BCUT2D eigenvalue weighted by atomic mass is 35.5. The molecule has 0 unspecified atom stereocenters. The minimum absolute atomic E-state index is 0.0345. The summed E-state index contributed by atoms with van der Waals surface area (Å²) in [5.41, 5.74) is 1.69. The van der Waals surface area contributed by atoms with Crippen LogP contribution in [0.4, 0.5) is 16.2 Å². The number of rotatable bonds is 9. The smallest absolute Gasteiger partial charge is 0.264 e. The first-order chi connectivity index (χ1) is 18.2. The molecular weight excluding hydrogens is 527 g/mol. The van der Waals surface area contributed by atoms with Gasteiger partial charge in [-0.15, -0.1) is 0 Å². The van der Waals surface area contributed by atoms with Crippen LogP contribution in [0.2, 0.25) is 5.02 Å². The fraction of sp³-hybridized carbons (Fsp3) is 0.370. The molecule has 0 atom stereocenters. The van der Waals surface area contributed by atoms with Gasteiger partial charge in [0.05, 0.1) is 5.02 Å². The van der Waals surface area contributed by atoms with Crippen LogP contribution >= 0.6 is 11.6 Å². The van der Waals surface area contributed by atoms with Crippen molar-refractivity contribution in [3.8, 4) is 0 Å². The van der Waals surface area contributed by atoms with Gasteiger partial charge in [-0.2, -0.15) is 0 Å². The van der Waals surface area contributed by atoms with Crippen LogP contribution in [0.15, 0.2) is 47.6 Å². The lowest BCUT2D eigenvalue weighted by Crippen LogP contribution is -2.38. The average Bonchev–Trinajstić information content (AvgIpc) is 2.90. The zero-order valence-electron chi connectivity index (χ0n) is 21.7. The van der Waals surface area contributed by atoms with Gasteiger partial charge in [0.15, 0.2) is 11.6 Å². The minimum atomic E-state index is -4.10. The summed E-state index contributed by atoms with van der Waals surface area (Å²) in [7, 11) is -1.92. The number of anilines is 2. The number of halogens is 2. The van der Waals surface area contributed by atoms with Crippen molar-refractivity contribution in [2.45, 2.75) is 56.5 Å². The van der Waals surface area contributed by atoms with E-state index < -0.39 is 21.7 Å². The molecule has 8 nitrogen and oxygen atoms in total. The SMILES string of the molecule is CCN(C)C1CCC(Nc2ncc(/C=C/c3cc(F)c(NS(=O)(=O)c4ccccc4Cl)nc3C)cn2)CC1. The van der Waals surface area contributed by atoms with Crippen LogP contribution in [0.25, 0.3) is 12.2 Å². The van der Waals surface area contributed by atoms with Crippen molar-refractivity contribution in [1.82, 2.24) is 19.9 Å². The molecule has 4 rings (SSSR count). The summed E-state index contributed by atoms with van der Waals surface area (Å²) in [5, 5.41) is 3.46. The lowest BCUT2D eigenvalue weighted by atomic mass is 9.90. The van der Waals surface area contributed by atoms with Crippen LogP contribution in [-0.2, 0) is 10.0 Å². The highest BCUT2D eigenvalue weighted by Gasteiger charge is 2.24. The number of benzene rings is 1. The molecule has 0 aliphatic heterocycles. The predicted molar refractivity (Wildman–Crippen MR) is 150 cm³/mol. The van der Waals surface area contributed by atoms with E-state index in [1.807, 2.05) is 0 Å². The normalized spacial score (nSPS) is 18.2. The Balaban J connectivity index is 1.38. The quantitative estimate of drug-likeness (QED) is 0.351. The summed E-state index contributed by atoms with van der Waals surface area (Å²) in [6, 6.07) is 8.17. The molecule has 1 aromatic carbocycles. The Morgan fingerprint density at radius 2 is 1.82 bits per heavy atom. The Hall–Kier alpha value is -3.08. The van der Waals surface area contributed by atoms with Crippen LogP contribution in [0.3, 0.4) is 0 Å². The summed E-state index contributed by atoms with van der Waals surface area (Å²) in [6.45, 7) is 4.92. The van der Waals surface area contributed by atoms with E-state index in [0.29, 0.717) is 29.3 Å². The number of hydrogen-bond donors (Lipinski definition) is 2. The first-order valence-corrected chi connectivity index (χ1v) is 14.4. The van der Waals surface area contributed by atoms with E-state index in [-0.39, 0.29) is 9.92 Å². The zero-order chi connectivity index (χ0) is 27.3. The van der Waals surface area contributed by atoms with E-state index in [1.54, 1.807) is 37.5 Å². The van der Waals surface area contributed by atoms with Gasteiger partial charge in [-0.25, -0.2) is 27.8 Å². The van der Waals surface area contributed by atoms with E-state index in [1.165, 1.54) is 24.3 Å². The molecule has 0 saturated heterocycles. The number of nitrogens with zero attached hydrogens (tertiary/aromatic N) is 4. The maximum Gasteiger partial charge on any atom is 0.264 e. The van der Waals surface area contributed by atoms with Crippen molar-refractivity contribution in [2.24, 2.45) is 0 Å². The van der Waals surface area contributed by atoms with Gasteiger partial charge in [0.2, 0.25) is 5.95 Å². The molecule has 1 aliphatic carbocycles. The highest BCUT2D eigenvalue weighted by molar-refractivity contribution is 7.92. The predicted octanol–water partition coefficient (Wildman–Crippen LogP) is 5.62. The maximum atomic E-state index is 14.8. The summed E-state index contributed by atoms with van der Waals surface area (Å²) < 4.78 is 42.3. The van der Waals surface area contributed by atoms with E-state index >= 15 is 0 Å². The first-order valence-electron chi connectivity index (χ1n) is 12.6. The Morgan fingerprint density at radius 1 is 1.13 bits per heavy atom. The molecule has 2 N–H and O–H groups in total. The van der Waals surface area contributed by atoms with Gasteiger partial charge in [0.1, 0.15) is 4.90 Å². The standard InChI is InChI=1S/C27H32ClFN6O2S/c1-4-35(3)22-13-11-21(12-14-22)33-27-30-16-19(17-31-27)9-10-20-15-24(29)26(32-18(20)2)34-38(36,37)25-8-6-5-7-23(25)28/h5-10,15-17,21-22H,4,11-14H2,1-3H3,(H,32,34)(H,30,31,33)/b10-9+. The molecule has 0 radical (unpaired) electrons. The molecule has 1 saturated carbocycles. The third kappa shape index (κ3) is 6.86. The maximum absolute atomic E-state index is 14.8. The van der Waals surface area contributed by atoms with E-state index in [4.69, 9.17) is 11.6 Å². The van der Waals surface area contributed by atoms with Crippen molar-refractivity contribution in [3.63, 3.8) is 0 Å². The largest absolute Gasteiger partial charge is 0.351 e. The highest BCUT2D eigenvalue weighted by Crippen LogP contribution is 2.26. The van der Waals surface area contributed by atoms with E-state index in [2.05, 4.69) is 43.9 Å². The van der Waals surface area contributed by atoms with Crippen LogP contribution in [-0.4, -0.2) is 53.9 Å². The molecule has 1 aliphatic rings. The third-order valence-corrected chi connectivity index (χ3v) is 8.68. The Labute approximate surface area is 228 Å². The van der Waals surface area contributed by atoms with Crippen molar-refractivity contribution in [2.75, 3.05) is 23.6 Å². The molecule has 0 spiro atoms. The molecule has 3 aromatic rings. The van der Waals surface area contributed by atoms with Crippen LogP contribution in [0.5, 0.6) is 0 Å². The van der Waals surface area contributed by atoms with Crippen molar-refractivity contribution < 1.29 is 12.8 Å². The van der Waals surface area contributed by atoms with Crippen molar-refractivity contribution in [3.05, 3.63) is 70.4 Å². The second-order valence-corrected chi connectivity index (χ2v) is 11.5. The number of aryl methyl sites for hydroxylation is 1. The van der Waals surface area contributed by atoms with Crippen molar-refractivity contribution in [1.29, 1.82) is 0 Å². The van der Waals surface area contributed by atoms with Gasteiger partial charge >= 0.3 is 0 Å². The van der Waals surface area contributed by atoms with Gasteiger partial charge in [0.25, 0.3) is 10.0 Å². The fourth-order valence-electron chi connectivity index (χ4n) is 4.47.